The van der Waals surface area contributed by atoms with Crippen molar-refractivity contribution in [2.75, 3.05) is 0 Å². The van der Waals surface area contributed by atoms with Gasteiger partial charge in [0.25, 0.3) is 0 Å². The van der Waals surface area contributed by atoms with Crippen molar-refractivity contribution in [3.63, 3.8) is 0 Å². The molecule has 0 heterocycles. The standard InChI is InChI=1S/C26H44.C2H6/c1-6-7-8-19(3)22-11-12-23-21-10-9-20-17-18(2)13-15-25(20,4)24(21)14-16-26(22,23)5;1-2/h8,18,20-24H,6-7,9-17H2,1-5H3;1-2H3/b19-8+;. The maximum Gasteiger partial charge on any atom is -0.0149 e. The first-order valence-electron chi connectivity index (χ1n) is 13.1. The Hall–Kier alpha value is -0.260. The molecule has 4 fully saturated rings. The van der Waals surface area contributed by atoms with Crippen LogP contribution in [0.3, 0.4) is 0 Å². The summed E-state index contributed by atoms with van der Waals surface area (Å²) in [6, 6.07) is 0. The molecule has 4 aliphatic carbocycles. The summed E-state index contributed by atoms with van der Waals surface area (Å²) < 4.78 is 0. The number of allylic oxidation sites excluding steroid dienone is 2. The Morgan fingerprint density at radius 3 is 2.29 bits per heavy atom. The molecule has 162 valence electrons. The molecule has 0 saturated heterocycles. The van der Waals surface area contributed by atoms with Gasteiger partial charge in [0.05, 0.1) is 0 Å². The minimum atomic E-state index is 0.612. The lowest BCUT2D eigenvalue weighted by atomic mass is 9.44. The lowest BCUT2D eigenvalue weighted by Gasteiger charge is -2.61. The molecule has 0 amide bonds. The predicted octanol–water partition coefficient (Wildman–Crippen LogP) is 9.05. The fourth-order valence-corrected chi connectivity index (χ4v) is 8.73. The van der Waals surface area contributed by atoms with Crippen molar-refractivity contribution in [2.45, 2.75) is 119 Å². The van der Waals surface area contributed by atoms with E-state index >= 15 is 0 Å². The fraction of sp³-hybridized carbons (Fsp3) is 0.929. The van der Waals surface area contributed by atoms with Gasteiger partial charge >= 0.3 is 0 Å². The average Bonchev–Trinajstić information content (AvgIpc) is 3.05. The summed E-state index contributed by atoms with van der Waals surface area (Å²) in [5, 5.41) is 0. The van der Waals surface area contributed by atoms with Crippen LogP contribution in [0, 0.1) is 46.3 Å². The molecule has 8 atom stereocenters. The summed E-state index contributed by atoms with van der Waals surface area (Å²) in [7, 11) is 0. The second kappa shape index (κ2) is 8.85. The predicted molar refractivity (Wildman–Crippen MR) is 124 cm³/mol. The van der Waals surface area contributed by atoms with Gasteiger partial charge in [-0.25, -0.2) is 0 Å². The Labute approximate surface area is 177 Å². The summed E-state index contributed by atoms with van der Waals surface area (Å²) >= 11 is 0. The van der Waals surface area contributed by atoms with E-state index in [4.69, 9.17) is 0 Å². The zero-order valence-electron chi connectivity index (χ0n) is 20.3. The largest absolute Gasteiger partial charge is 0.0853 e. The maximum atomic E-state index is 2.72. The van der Waals surface area contributed by atoms with Crippen LogP contribution in [0.4, 0.5) is 0 Å². The number of hydrogen-bond acceptors (Lipinski definition) is 0. The third kappa shape index (κ3) is 3.65. The normalized spacial score (nSPS) is 48.0. The maximum absolute atomic E-state index is 2.72. The molecule has 0 radical (unpaired) electrons. The highest BCUT2D eigenvalue weighted by molar-refractivity contribution is 5.17. The van der Waals surface area contributed by atoms with Gasteiger partial charge in [-0.1, -0.05) is 66.0 Å². The van der Waals surface area contributed by atoms with Gasteiger partial charge in [0.15, 0.2) is 0 Å². The molecule has 0 aromatic carbocycles. The molecule has 4 saturated carbocycles. The van der Waals surface area contributed by atoms with Gasteiger partial charge in [0.1, 0.15) is 0 Å². The topological polar surface area (TPSA) is 0 Å². The molecular weight excluding hydrogens is 336 g/mol. The minimum Gasteiger partial charge on any atom is -0.0853 e. The van der Waals surface area contributed by atoms with Crippen LogP contribution in [0.5, 0.6) is 0 Å². The zero-order valence-corrected chi connectivity index (χ0v) is 20.3. The van der Waals surface area contributed by atoms with Crippen molar-refractivity contribution in [1.82, 2.24) is 0 Å². The third-order valence-corrected chi connectivity index (χ3v) is 10.2. The van der Waals surface area contributed by atoms with Crippen LogP contribution in [0.25, 0.3) is 0 Å². The van der Waals surface area contributed by atoms with E-state index < -0.39 is 0 Å². The van der Waals surface area contributed by atoms with Crippen molar-refractivity contribution in [3.8, 4) is 0 Å². The van der Waals surface area contributed by atoms with E-state index in [1.54, 1.807) is 18.4 Å². The zero-order chi connectivity index (χ0) is 20.5. The summed E-state index contributed by atoms with van der Waals surface area (Å²) in [5.74, 6) is 6.03. The van der Waals surface area contributed by atoms with E-state index in [0.29, 0.717) is 10.8 Å². The summed E-state index contributed by atoms with van der Waals surface area (Å²) in [6.07, 6.45) is 18.9. The van der Waals surface area contributed by atoms with Crippen molar-refractivity contribution < 1.29 is 0 Å². The lowest BCUT2D eigenvalue weighted by Crippen LogP contribution is -2.53. The van der Waals surface area contributed by atoms with Crippen LogP contribution >= 0.6 is 0 Å². The second-order valence-electron chi connectivity index (χ2n) is 11.4. The summed E-state index contributed by atoms with van der Waals surface area (Å²) in [5.41, 5.74) is 3.03. The van der Waals surface area contributed by atoms with Crippen molar-refractivity contribution >= 4 is 0 Å². The van der Waals surface area contributed by atoms with E-state index in [-0.39, 0.29) is 0 Å². The first-order chi connectivity index (χ1) is 13.4. The number of unbranched alkanes of at least 4 members (excludes halogenated alkanes) is 1. The average molecular weight is 387 g/mol. The van der Waals surface area contributed by atoms with Crippen molar-refractivity contribution in [1.29, 1.82) is 0 Å². The molecule has 4 aliphatic rings. The van der Waals surface area contributed by atoms with Crippen LogP contribution in [0.2, 0.25) is 0 Å². The molecule has 8 unspecified atom stereocenters. The first-order valence-corrected chi connectivity index (χ1v) is 13.1. The van der Waals surface area contributed by atoms with Crippen molar-refractivity contribution in [3.05, 3.63) is 11.6 Å². The van der Waals surface area contributed by atoms with Crippen LogP contribution in [-0.2, 0) is 0 Å². The molecule has 0 aromatic rings. The molecular formula is C28H50. The van der Waals surface area contributed by atoms with Gasteiger partial charge < -0.3 is 0 Å². The molecule has 4 rings (SSSR count). The third-order valence-electron chi connectivity index (χ3n) is 10.2. The van der Waals surface area contributed by atoms with E-state index in [1.165, 1.54) is 57.8 Å². The quantitative estimate of drug-likeness (QED) is 0.424. The molecule has 0 N–H and O–H groups in total. The highest BCUT2D eigenvalue weighted by Gasteiger charge is 2.59. The number of fused-ring (bicyclic) bond motifs is 5. The molecule has 0 heteroatoms. The number of hydrogen-bond donors (Lipinski definition) is 0. The van der Waals surface area contributed by atoms with E-state index in [2.05, 4.69) is 40.7 Å². The second-order valence-corrected chi connectivity index (χ2v) is 11.4. The molecule has 0 aromatic heterocycles. The SMILES string of the molecule is CC.CCC/C=C(\C)C1CCC2C3CCC4CC(C)CCC4(C)C3CCC12C. The number of rotatable bonds is 3. The van der Waals surface area contributed by atoms with Crippen LogP contribution in [0.1, 0.15) is 119 Å². The van der Waals surface area contributed by atoms with Crippen LogP contribution in [0.15, 0.2) is 11.6 Å². The van der Waals surface area contributed by atoms with Crippen LogP contribution < -0.4 is 0 Å². The smallest absolute Gasteiger partial charge is 0.0149 e. The Morgan fingerprint density at radius 1 is 0.893 bits per heavy atom. The van der Waals surface area contributed by atoms with E-state index in [9.17, 15) is 0 Å². The highest BCUT2D eigenvalue weighted by Crippen LogP contribution is 2.68. The summed E-state index contributed by atoms with van der Waals surface area (Å²) in [4.78, 5) is 0. The lowest BCUT2D eigenvalue weighted by molar-refractivity contribution is -0.114. The fourth-order valence-electron chi connectivity index (χ4n) is 8.73. The highest BCUT2D eigenvalue weighted by atomic mass is 14.6. The van der Waals surface area contributed by atoms with E-state index in [0.717, 1.165) is 35.5 Å². The molecule has 0 bridgehead atoms. The van der Waals surface area contributed by atoms with Gasteiger partial charge in [0.2, 0.25) is 0 Å². The molecule has 0 spiro atoms. The first kappa shape index (κ1) is 22.4. The van der Waals surface area contributed by atoms with Gasteiger partial charge in [-0.05, 0) is 111 Å². The van der Waals surface area contributed by atoms with Gasteiger partial charge in [-0.15, -0.1) is 0 Å². The minimum absolute atomic E-state index is 0.612. The molecule has 28 heavy (non-hydrogen) atoms. The van der Waals surface area contributed by atoms with Gasteiger partial charge in [-0.2, -0.15) is 0 Å². The Balaban J connectivity index is 0.00000109. The van der Waals surface area contributed by atoms with Crippen LogP contribution in [-0.4, -0.2) is 0 Å². The Bertz CT molecular complexity index is 544. The van der Waals surface area contributed by atoms with Gasteiger partial charge in [0, 0.05) is 0 Å². The summed E-state index contributed by atoms with van der Waals surface area (Å²) in [6.45, 7) is 16.7. The van der Waals surface area contributed by atoms with Crippen molar-refractivity contribution in [2.24, 2.45) is 46.3 Å². The monoisotopic (exact) mass is 386 g/mol. The molecule has 0 nitrogen and oxygen atoms in total. The van der Waals surface area contributed by atoms with Gasteiger partial charge in [-0.3, -0.25) is 0 Å². The Kier molecular flexibility index (Phi) is 7.09. The Morgan fingerprint density at radius 2 is 1.57 bits per heavy atom. The van der Waals surface area contributed by atoms with E-state index in [1.807, 2.05) is 13.8 Å². The molecule has 0 aliphatic heterocycles.